The fourth-order valence-electron chi connectivity index (χ4n) is 3.38. The zero-order chi connectivity index (χ0) is 25.7. The van der Waals surface area contributed by atoms with Gasteiger partial charge < -0.3 is 18.9 Å². The van der Waals surface area contributed by atoms with Crippen molar-refractivity contribution in [2.45, 2.75) is 44.5 Å². The molecule has 0 saturated carbocycles. The fourth-order valence-corrected chi connectivity index (χ4v) is 4.59. The number of ether oxygens (including phenoxy) is 4. The molecule has 1 aromatic carbocycles. The minimum Gasteiger partial charge on any atom is -0.472 e. The highest BCUT2D eigenvalue weighted by Crippen LogP contribution is 2.37. The van der Waals surface area contributed by atoms with E-state index in [9.17, 15) is 23.2 Å². The lowest BCUT2D eigenvalue weighted by atomic mass is 10.1. The maximum atomic E-state index is 14.7. The van der Waals surface area contributed by atoms with Gasteiger partial charge in [0.1, 0.15) is 11.8 Å². The van der Waals surface area contributed by atoms with Crippen molar-refractivity contribution in [1.29, 1.82) is 5.26 Å². The summed E-state index contributed by atoms with van der Waals surface area (Å²) < 4.78 is 50.6. The minimum atomic E-state index is -1.30. The van der Waals surface area contributed by atoms with Crippen molar-refractivity contribution in [3.8, 4) is 22.9 Å². The lowest BCUT2D eigenvalue weighted by Gasteiger charge is -2.39. The summed E-state index contributed by atoms with van der Waals surface area (Å²) in [6, 6.07) is 6.97. The van der Waals surface area contributed by atoms with Gasteiger partial charge in [-0.15, -0.1) is 11.8 Å². The minimum absolute atomic E-state index is 0.0588. The van der Waals surface area contributed by atoms with Gasteiger partial charge in [0.2, 0.25) is 5.82 Å². The van der Waals surface area contributed by atoms with Gasteiger partial charge in [-0.1, -0.05) is 0 Å². The highest BCUT2D eigenvalue weighted by atomic mass is 32.2. The summed E-state index contributed by atoms with van der Waals surface area (Å²) >= 11 is 1.00. The molecule has 35 heavy (non-hydrogen) atoms. The average Bonchev–Trinajstić information content (AvgIpc) is 2.79. The monoisotopic (exact) mass is 506 g/mol. The van der Waals surface area contributed by atoms with Crippen LogP contribution in [0.15, 0.2) is 30.5 Å². The first-order valence-electron chi connectivity index (χ1n) is 10.2. The largest absolute Gasteiger partial charge is 0.472 e. The summed E-state index contributed by atoms with van der Waals surface area (Å²) in [5.41, 5.74) is -0.379. The van der Waals surface area contributed by atoms with E-state index in [0.29, 0.717) is 5.56 Å². The number of carbonyl (C=O) groups is 3. The Balaban J connectivity index is 1.96. The number of hydrogen-bond acceptors (Lipinski definition) is 10. The molecular weight excluding hydrogens is 486 g/mol. The second-order valence-electron chi connectivity index (χ2n) is 7.43. The lowest BCUT2D eigenvalue weighted by molar-refractivity contribution is -0.186. The molecule has 0 aliphatic carbocycles. The highest BCUT2D eigenvalue weighted by Gasteiger charge is 2.48. The van der Waals surface area contributed by atoms with Crippen LogP contribution in [0.3, 0.4) is 0 Å². The summed E-state index contributed by atoms with van der Waals surface area (Å²) in [7, 11) is 0. The third-order valence-corrected chi connectivity index (χ3v) is 5.97. The molecule has 1 saturated heterocycles. The van der Waals surface area contributed by atoms with Gasteiger partial charge in [-0.25, -0.2) is 9.37 Å². The predicted octanol–water partition coefficient (Wildman–Crippen LogP) is 3.15. The number of aromatic nitrogens is 1. The van der Waals surface area contributed by atoms with E-state index in [4.69, 9.17) is 24.2 Å². The number of benzene rings is 1. The molecule has 0 radical (unpaired) electrons. The lowest BCUT2D eigenvalue weighted by Crippen LogP contribution is -2.55. The standard InChI is InChI=1S/C23H20F2N2O7S/c1-11(28)31-19-10-35-23(22(33-13(3)30)21(19)32-12(2)29)34-18-7-15(6-17(24)20(18)25)14-4-5-16(8-26)27-9-14/h4-7,9,19,21-23H,10H2,1-3H3/t19-,21+,22-,23+/m1/s1. The molecule has 2 aromatic rings. The number of carbonyl (C=O) groups excluding carboxylic acids is 3. The van der Waals surface area contributed by atoms with Gasteiger partial charge in [-0.2, -0.15) is 9.65 Å². The summed E-state index contributed by atoms with van der Waals surface area (Å²) in [5, 5.41) is 8.90. The van der Waals surface area contributed by atoms with Gasteiger partial charge >= 0.3 is 17.9 Å². The van der Waals surface area contributed by atoms with Crippen LogP contribution < -0.4 is 4.74 Å². The quantitative estimate of drug-likeness (QED) is 0.426. The van der Waals surface area contributed by atoms with Crippen molar-refractivity contribution >= 4 is 29.7 Å². The molecule has 1 aliphatic rings. The van der Waals surface area contributed by atoms with Crippen molar-refractivity contribution in [3.05, 3.63) is 47.8 Å². The first-order valence-corrected chi connectivity index (χ1v) is 11.3. The van der Waals surface area contributed by atoms with E-state index in [1.807, 2.05) is 6.07 Å². The third-order valence-electron chi connectivity index (χ3n) is 4.75. The number of hydrogen-bond donors (Lipinski definition) is 0. The van der Waals surface area contributed by atoms with Crippen LogP contribution >= 0.6 is 11.8 Å². The van der Waals surface area contributed by atoms with Crippen LogP contribution in [0.1, 0.15) is 26.5 Å². The first kappa shape index (κ1) is 25.9. The molecular formula is C23H20F2N2O7S. The molecule has 4 atom stereocenters. The summed E-state index contributed by atoms with van der Waals surface area (Å²) in [5.74, 6) is -5.07. The van der Waals surface area contributed by atoms with E-state index in [2.05, 4.69) is 4.98 Å². The van der Waals surface area contributed by atoms with E-state index < -0.39 is 59.0 Å². The van der Waals surface area contributed by atoms with E-state index in [-0.39, 0.29) is 17.0 Å². The Kier molecular flexibility index (Phi) is 8.24. The maximum Gasteiger partial charge on any atom is 0.303 e. The molecule has 0 N–H and O–H groups in total. The van der Waals surface area contributed by atoms with Crippen LogP contribution in [0, 0.1) is 23.0 Å². The van der Waals surface area contributed by atoms with E-state index in [1.165, 1.54) is 31.3 Å². The molecule has 0 spiro atoms. The molecule has 1 aromatic heterocycles. The van der Waals surface area contributed by atoms with E-state index in [1.54, 1.807) is 0 Å². The SMILES string of the molecule is CC(=O)O[C@@H]1[C@@H](OC(C)=O)[C@@H](Oc2cc(-c3ccc(C#N)nc3)cc(F)c2F)SC[C@H]1OC(C)=O. The first-order chi connectivity index (χ1) is 16.6. The predicted molar refractivity (Wildman–Crippen MR) is 118 cm³/mol. The van der Waals surface area contributed by atoms with Crippen LogP contribution in [-0.4, -0.2) is 52.4 Å². The number of rotatable bonds is 6. The Labute approximate surface area is 203 Å². The molecule has 2 heterocycles. The Morgan fingerprint density at radius 3 is 2.23 bits per heavy atom. The Morgan fingerprint density at radius 2 is 1.66 bits per heavy atom. The van der Waals surface area contributed by atoms with Crippen LogP contribution in [0.5, 0.6) is 5.75 Å². The Morgan fingerprint density at radius 1 is 1.00 bits per heavy atom. The van der Waals surface area contributed by atoms with Crippen molar-refractivity contribution in [3.63, 3.8) is 0 Å². The highest BCUT2D eigenvalue weighted by molar-refractivity contribution is 7.99. The smallest absolute Gasteiger partial charge is 0.303 e. The Hall–Kier alpha value is -3.72. The third kappa shape index (κ3) is 6.45. The zero-order valence-corrected chi connectivity index (χ0v) is 19.6. The van der Waals surface area contributed by atoms with Gasteiger partial charge in [0.25, 0.3) is 0 Å². The topological polar surface area (TPSA) is 125 Å². The summed E-state index contributed by atoms with van der Waals surface area (Å²) in [4.78, 5) is 38.9. The number of nitriles is 1. The van der Waals surface area contributed by atoms with Gasteiger partial charge in [0.05, 0.1) is 0 Å². The molecule has 0 bridgehead atoms. The number of thioether (sulfide) groups is 1. The number of halogens is 2. The van der Waals surface area contributed by atoms with E-state index in [0.717, 1.165) is 31.7 Å². The molecule has 1 aliphatic heterocycles. The van der Waals surface area contributed by atoms with E-state index >= 15 is 0 Å². The molecule has 184 valence electrons. The number of nitrogens with zero attached hydrogens (tertiary/aromatic N) is 2. The van der Waals surface area contributed by atoms with Crippen molar-refractivity contribution in [2.24, 2.45) is 0 Å². The summed E-state index contributed by atoms with van der Waals surface area (Å²) in [6.45, 7) is 3.40. The maximum absolute atomic E-state index is 14.7. The van der Waals surface area contributed by atoms with Crippen LogP contribution in [-0.2, 0) is 28.6 Å². The van der Waals surface area contributed by atoms with Gasteiger partial charge in [-0.05, 0) is 29.8 Å². The fraction of sp³-hybridized carbons (Fsp3) is 0.348. The normalized spacial score (nSPS) is 21.4. The molecule has 12 heteroatoms. The molecule has 0 unspecified atom stereocenters. The average molecular weight is 506 g/mol. The number of pyridine rings is 1. The molecule has 3 rings (SSSR count). The van der Waals surface area contributed by atoms with Crippen molar-refractivity contribution in [1.82, 2.24) is 4.98 Å². The zero-order valence-electron chi connectivity index (χ0n) is 18.8. The van der Waals surface area contributed by atoms with Crippen LogP contribution in [0.2, 0.25) is 0 Å². The van der Waals surface area contributed by atoms with Gasteiger partial charge in [0.15, 0.2) is 35.3 Å². The van der Waals surface area contributed by atoms with Crippen molar-refractivity contribution < 1.29 is 42.1 Å². The van der Waals surface area contributed by atoms with Crippen LogP contribution in [0.25, 0.3) is 11.1 Å². The van der Waals surface area contributed by atoms with Gasteiger partial charge in [0, 0.05) is 38.3 Å². The van der Waals surface area contributed by atoms with Gasteiger partial charge in [-0.3, -0.25) is 14.4 Å². The second-order valence-corrected chi connectivity index (χ2v) is 8.56. The van der Waals surface area contributed by atoms with Crippen molar-refractivity contribution in [2.75, 3.05) is 5.75 Å². The second kappa shape index (κ2) is 11.1. The number of esters is 3. The summed E-state index contributed by atoms with van der Waals surface area (Å²) in [6.07, 6.45) is -2.19. The van der Waals surface area contributed by atoms with Crippen LogP contribution in [0.4, 0.5) is 8.78 Å². The molecule has 0 amide bonds. The Bertz CT molecular complexity index is 1170. The molecule has 1 fully saturated rings. The molecule has 9 nitrogen and oxygen atoms in total.